The Morgan fingerprint density at radius 1 is 1.23 bits per heavy atom. The fraction of sp³-hybridized carbons (Fsp3) is 0. The van der Waals surface area contributed by atoms with Gasteiger partial charge in [-0.25, -0.2) is 4.98 Å². The summed E-state index contributed by atoms with van der Waals surface area (Å²) in [5.41, 5.74) is 1.61. The summed E-state index contributed by atoms with van der Waals surface area (Å²) in [5.74, 6) is -0.337. The number of carbonyl (C=O) groups excluding carboxylic acids is 1. The Kier molecular flexibility index (Phi) is 4.04. The molecule has 1 amide bonds. The zero-order valence-electron chi connectivity index (χ0n) is 11.2. The monoisotopic (exact) mass is 331 g/mol. The molecule has 0 radical (unpaired) electrons. The molecule has 0 saturated carbocycles. The van der Waals surface area contributed by atoms with Gasteiger partial charge in [0.1, 0.15) is 0 Å². The van der Waals surface area contributed by atoms with Crippen LogP contribution < -0.4 is 10.9 Å². The number of thiazole rings is 1. The molecule has 0 bridgehead atoms. The van der Waals surface area contributed by atoms with E-state index in [1.165, 1.54) is 29.7 Å². The van der Waals surface area contributed by atoms with E-state index in [0.29, 0.717) is 21.4 Å². The van der Waals surface area contributed by atoms with Gasteiger partial charge < -0.3 is 4.98 Å². The molecule has 3 rings (SSSR count). The highest BCUT2D eigenvalue weighted by Crippen LogP contribution is 2.30. The van der Waals surface area contributed by atoms with Gasteiger partial charge in [-0.2, -0.15) is 0 Å². The lowest BCUT2D eigenvalue weighted by Crippen LogP contribution is -2.14. The van der Waals surface area contributed by atoms with Crippen LogP contribution in [0.1, 0.15) is 10.4 Å². The Morgan fingerprint density at radius 2 is 2.05 bits per heavy atom. The summed E-state index contributed by atoms with van der Waals surface area (Å²) in [6.45, 7) is 0. The van der Waals surface area contributed by atoms with E-state index >= 15 is 0 Å². The van der Waals surface area contributed by atoms with E-state index < -0.39 is 0 Å². The third kappa shape index (κ3) is 3.08. The molecular formula is C15H10ClN3O2S. The third-order valence-corrected chi connectivity index (χ3v) is 4.01. The molecule has 22 heavy (non-hydrogen) atoms. The maximum absolute atomic E-state index is 12.0. The highest BCUT2D eigenvalue weighted by Gasteiger charge is 2.11. The van der Waals surface area contributed by atoms with Gasteiger partial charge in [-0.3, -0.25) is 14.9 Å². The number of H-pyrrole nitrogens is 1. The van der Waals surface area contributed by atoms with E-state index in [0.717, 1.165) is 5.56 Å². The molecule has 1 aromatic carbocycles. The first-order valence-electron chi connectivity index (χ1n) is 6.34. The van der Waals surface area contributed by atoms with E-state index in [4.69, 9.17) is 11.6 Å². The largest absolute Gasteiger partial charge is 0.328 e. The summed E-state index contributed by atoms with van der Waals surface area (Å²) in [5, 5.41) is 5.58. The van der Waals surface area contributed by atoms with Crippen molar-refractivity contribution in [3.8, 4) is 11.3 Å². The van der Waals surface area contributed by atoms with Crippen molar-refractivity contribution in [1.29, 1.82) is 0 Å². The summed E-state index contributed by atoms with van der Waals surface area (Å²) >= 11 is 7.43. The zero-order valence-corrected chi connectivity index (χ0v) is 12.7. The van der Waals surface area contributed by atoms with Crippen LogP contribution in [0.15, 0.2) is 52.8 Å². The van der Waals surface area contributed by atoms with E-state index in [2.05, 4.69) is 15.3 Å². The number of rotatable bonds is 3. The predicted octanol–water partition coefficient (Wildman–Crippen LogP) is 3.40. The molecule has 0 aliphatic carbocycles. The van der Waals surface area contributed by atoms with Gasteiger partial charge >= 0.3 is 0 Å². The minimum atomic E-state index is -0.337. The zero-order chi connectivity index (χ0) is 15.5. The van der Waals surface area contributed by atoms with Crippen LogP contribution in [0.4, 0.5) is 5.13 Å². The standard InChI is InChI=1S/C15H10ClN3O2S/c16-11-4-2-1-3-10(11)12-8-22-15(18-12)19-14(21)9-5-6-13(20)17-7-9/h1-8H,(H,17,20)(H,18,19,21). The Balaban J connectivity index is 1.80. The van der Waals surface area contributed by atoms with Gasteiger partial charge in [0.2, 0.25) is 5.56 Å². The number of nitrogens with one attached hydrogen (secondary N) is 2. The number of carbonyl (C=O) groups is 1. The van der Waals surface area contributed by atoms with Crippen molar-refractivity contribution in [3.63, 3.8) is 0 Å². The molecular weight excluding hydrogens is 322 g/mol. The molecule has 0 saturated heterocycles. The molecule has 0 unspecified atom stereocenters. The summed E-state index contributed by atoms with van der Waals surface area (Å²) in [6, 6.07) is 10.1. The molecule has 2 aromatic heterocycles. The molecule has 3 aromatic rings. The molecule has 110 valence electrons. The van der Waals surface area contributed by atoms with Crippen LogP contribution in [-0.2, 0) is 0 Å². The Bertz CT molecular complexity index is 868. The van der Waals surface area contributed by atoms with Crippen molar-refractivity contribution in [3.05, 3.63) is 68.9 Å². The Hall–Kier alpha value is -2.44. The molecule has 7 heteroatoms. The Morgan fingerprint density at radius 3 is 2.77 bits per heavy atom. The van der Waals surface area contributed by atoms with Crippen LogP contribution >= 0.6 is 22.9 Å². The fourth-order valence-corrected chi connectivity index (χ4v) is 2.78. The molecule has 2 heterocycles. The number of aromatic nitrogens is 2. The highest BCUT2D eigenvalue weighted by atomic mass is 35.5. The molecule has 2 N–H and O–H groups in total. The number of amides is 1. The van der Waals surface area contributed by atoms with Crippen molar-refractivity contribution in [2.24, 2.45) is 0 Å². The molecule has 0 atom stereocenters. The van der Waals surface area contributed by atoms with Crippen LogP contribution in [0.3, 0.4) is 0 Å². The molecule has 0 fully saturated rings. The normalized spacial score (nSPS) is 10.4. The lowest BCUT2D eigenvalue weighted by atomic mass is 10.2. The van der Waals surface area contributed by atoms with Crippen LogP contribution in [-0.4, -0.2) is 15.9 Å². The van der Waals surface area contributed by atoms with Crippen LogP contribution in [0.2, 0.25) is 5.02 Å². The van der Waals surface area contributed by atoms with Gasteiger partial charge in [0.05, 0.1) is 11.3 Å². The SMILES string of the molecule is O=C(Nc1nc(-c2ccccc2Cl)cs1)c1ccc(=O)[nH]c1. The lowest BCUT2D eigenvalue weighted by Gasteiger charge is -2.01. The maximum atomic E-state index is 12.0. The van der Waals surface area contributed by atoms with Crippen molar-refractivity contribution in [2.75, 3.05) is 5.32 Å². The second kappa shape index (κ2) is 6.13. The smallest absolute Gasteiger partial charge is 0.258 e. The lowest BCUT2D eigenvalue weighted by molar-refractivity contribution is 0.102. The summed E-state index contributed by atoms with van der Waals surface area (Å²) in [7, 11) is 0. The summed E-state index contributed by atoms with van der Waals surface area (Å²) < 4.78 is 0. The molecule has 5 nitrogen and oxygen atoms in total. The second-order valence-electron chi connectivity index (χ2n) is 4.41. The van der Waals surface area contributed by atoms with Crippen molar-refractivity contribution in [2.45, 2.75) is 0 Å². The average molecular weight is 332 g/mol. The van der Waals surface area contributed by atoms with Gasteiger partial charge in [-0.05, 0) is 12.1 Å². The number of hydrogen-bond donors (Lipinski definition) is 2. The van der Waals surface area contributed by atoms with Gasteiger partial charge in [-0.15, -0.1) is 11.3 Å². The van der Waals surface area contributed by atoms with Crippen molar-refractivity contribution in [1.82, 2.24) is 9.97 Å². The summed E-state index contributed by atoms with van der Waals surface area (Å²) in [6.07, 6.45) is 1.36. The highest BCUT2D eigenvalue weighted by molar-refractivity contribution is 7.14. The van der Waals surface area contributed by atoms with Gasteiger partial charge in [0.15, 0.2) is 5.13 Å². The van der Waals surface area contributed by atoms with E-state index in [-0.39, 0.29) is 11.5 Å². The van der Waals surface area contributed by atoms with E-state index in [1.807, 2.05) is 23.6 Å². The molecule has 0 spiro atoms. The second-order valence-corrected chi connectivity index (χ2v) is 5.68. The summed E-state index contributed by atoms with van der Waals surface area (Å²) in [4.78, 5) is 29.8. The number of anilines is 1. The topological polar surface area (TPSA) is 74.8 Å². The first-order valence-corrected chi connectivity index (χ1v) is 7.60. The molecule has 0 aliphatic heterocycles. The van der Waals surface area contributed by atoms with Crippen LogP contribution in [0.5, 0.6) is 0 Å². The van der Waals surface area contributed by atoms with E-state index in [1.54, 1.807) is 6.07 Å². The van der Waals surface area contributed by atoms with Gasteiger partial charge in [-0.1, -0.05) is 29.8 Å². The average Bonchev–Trinajstić information content (AvgIpc) is 2.96. The number of halogens is 1. The number of hydrogen-bond acceptors (Lipinski definition) is 4. The minimum absolute atomic E-state index is 0.258. The first-order chi connectivity index (χ1) is 10.6. The first kappa shape index (κ1) is 14.5. The van der Waals surface area contributed by atoms with E-state index in [9.17, 15) is 9.59 Å². The fourth-order valence-electron chi connectivity index (χ4n) is 1.84. The van der Waals surface area contributed by atoms with Crippen LogP contribution in [0.25, 0.3) is 11.3 Å². The number of benzene rings is 1. The minimum Gasteiger partial charge on any atom is -0.328 e. The quantitative estimate of drug-likeness (QED) is 0.772. The van der Waals surface area contributed by atoms with Gasteiger partial charge in [0.25, 0.3) is 5.91 Å². The van der Waals surface area contributed by atoms with Crippen LogP contribution in [0, 0.1) is 0 Å². The van der Waals surface area contributed by atoms with Crippen molar-refractivity contribution < 1.29 is 4.79 Å². The Labute approximate surface area is 134 Å². The number of nitrogens with zero attached hydrogens (tertiary/aromatic N) is 1. The predicted molar refractivity (Wildman–Crippen MR) is 87.6 cm³/mol. The number of pyridine rings is 1. The molecule has 0 aliphatic rings. The maximum Gasteiger partial charge on any atom is 0.258 e. The van der Waals surface area contributed by atoms with Crippen molar-refractivity contribution >= 4 is 34.0 Å². The van der Waals surface area contributed by atoms with Gasteiger partial charge in [0, 0.05) is 28.2 Å². The number of aromatic amines is 1. The third-order valence-electron chi connectivity index (χ3n) is 2.92.